The molecule has 0 spiro atoms. The average Bonchev–Trinajstić information content (AvgIpc) is 2.16. The van der Waals surface area contributed by atoms with Crippen LogP contribution >= 0.6 is 11.6 Å². The van der Waals surface area contributed by atoms with Crippen molar-refractivity contribution in [3.63, 3.8) is 0 Å². The lowest BCUT2D eigenvalue weighted by Crippen LogP contribution is -2.04. The molecule has 0 amide bonds. The molecule has 0 saturated heterocycles. The number of rotatable bonds is 3. The molecule has 0 aliphatic heterocycles. The highest BCUT2D eigenvalue weighted by Crippen LogP contribution is 2.17. The summed E-state index contributed by atoms with van der Waals surface area (Å²) < 4.78 is 13.2. The van der Waals surface area contributed by atoms with E-state index in [0.29, 0.717) is 12.0 Å². The minimum absolute atomic E-state index is 0.139. The minimum Gasteiger partial charge on any atom is -0.294 e. The Bertz CT molecular complexity index is 323. The fraction of sp³-hybridized carbons (Fsp3) is 0.300. The SMILES string of the molecule is CCC(=O)c1c(F)cccc1CCl. The Labute approximate surface area is 81.5 Å². The lowest BCUT2D eigenvalue weighted by molar-refractivity contribution is 0.0983. The number of Topliss-reactive ketones (excluding diaryl/α,β-unsaturated/α-hetero) is 1. The van der Waals surface area contributed by atoms with Crippen LogP contribution in [0.5, 0.6) is 0 Å². The molecule has 0 atom stereocenters. The van der Waals surface area contributed by atoms with Crippen molar-refractivity contribution in [2.75, 3.05) is 0 Å². The van der Waals surface area contributed by atoms with Gasteiger partial charge in [0.05, 0.1) is 5.56 Å². The molecule has 0 radical (unpaired) electrons. The molecule has 0 aliphatic rings. The Hall–Kier alpha value is -0.890. The second kappa shape index (κ2) is 4.38. The molecule has 0 heterocycles. The van der Waals surface area contributed by atoms with Gasteiger partial charge in [-0.05, 0) is 11.6 Å². The van der Waals surface area contributed by atoms with Gasteiger partial charge in [-0.15, -0.1) is 11.6 Å². The zero-order valence-electron chi connectivity index (χ0n) is 7.31. The molecule has 70 valence electrons. The standard InChI is InChI=1S/C10H10ClFO/c1-2-9(13)10-7(6-11)4-3-5-8(10)12/h3-5H,2,6H2,1H3. The third-order valence-corrected chi connectivity index (χ3v) is 2.13. The van der Waals surface area contributed by atoms with Gasteiger partial charge in [-0.3, -0.25) is 4.79 Å². The summed E-state index contributed by atoms with van der Waals surface area (Å²) in [6.07, 6.45) is 0.296. The molecular formula is C10H10ClFO. The van der Waals surface area contributed by atoms with Crippen LogP contribution in [0.4, 0.5) is 4.39 Å². The van der Waals surface area contributed by atoms with Crippen LogP contribution in [0, 0.1) is 5.82 Å². The van der Waals surface area contributed by atoms with Gasteiger partial charge in [-0.25, -0.2) is 4.39 Å². The number of ketones is 1. The highest BCUT2D eigenvalue weighted by molar-refractivity contribution is 6.17. The second-order valence-corrected chi connectivity index (χ2v) is 2.95. The largest absolute Gasteiger partial charge is 0.294 e. The van der Waals surface area contributed by atoms with Gasteiger partial charge in [0.25, 0.3) is 0 Å². The van der Waals surface area contributed by atoms with Crippen LogP contribution in [0.1, 0.15) is 29.3 Å². The average molecular weight is 201 g/mol. The highest BCUT2D eigenvalue weighted by Gasteiger charge is 2.13. The molecule has 0 N–H and O–H groups in total. The molecule has 0 fully saturated rings. The van der Waals surface area contributed by atoms with Crippen molar-refractivity contribution in [2.45, 2.75) is 19.2 Å². The topological polar surface area (TPSA) is 17.1 Å². The number of hydrogen-bond donors (Lipinski definition) is 0. The Morgan fingerprint density at radius 2 is 2.23 bits per heavy atom. The van der Waals surface area contributed by atoms with Crippen molar-refractivity contribution in [2.24, 2.45) is 0 Å². The number of carbonyl (C=O) groups is 1. The van der Waals surface area contributed by atoms with Gasteiger partial charge in [0.2, 0.25) is 0 Å². The maximum absolute atomic E-state index is 13.2. The van der Waals surface area contributed by atoms with Gasteiger partial charge in [0.1, 0.15) is 5.82 Å². The fourth-order valence-electron chi connectivity index (χ4n) is 1.17. The highest BCUT2D eigenvalue weighted by atomic mass is 35.5. The van der Waals surface area contributed by atoms with E-state index < -0.39 is 5.82 Å². The van der Waals surface area contributed by atoms with Crippen molar-refractivity contribution in [3.8, 4) is 0 Å². The molecule has 1 nitrogen and oxygen atoms in total. The second-order valence-electron chi connectivity index (χ2n) is 2.68. The number of benzene rings is 1. The first-order chi connectivity index (χ1) is 6.20. The molecule has 0 bridgehead atoms. The summed E-state index contributed by atoms with van der Waals surface area (Å²) in [6.45, 7) is 1.70. The Balaban J connectivity index is 3.22. The summed E-state index contributed by atoms with van der Waals surface area (Å²) in [5.74, 6) is -0.516. The monoisotopic (exact) mass is 200 g/mol. The number of halogens is 2. The minimum atomic E-state index is -0.481. The van der Waals surface area contributed by atoms with E-state index in [1.54, 1.807) is 19.1 Å². The van der Waals surface area contributed by atoms with Crippen molar-refractivity contribution < 1.29 is 9.18 Å². The van der Waals surface area contributed by atoms with Crippen molar-refractivity contribution in [1.29, 1.82) is 0 Å². The molecule has 13 heavy (non-hydrogen) atoms. The molecular weight excluding hydrogens is 191 g/mol. The van der Waals surface area contributed by atoms with E-state index in [-0.39, 0.29) is 17.2 Å². The maximum atomic E-state index is 13.2. The van der Waals surface area contributed by atoms with E-state index in [2.05, 4.69) is 0 Å². The predicted octanol–water partition coefficient (Wildman–Crippen LogP) is 3.16. The first-order valence-electron chi connectivity index (χ1n) is 4.07. The summed E-state index contributed by atoms with van der Waals surface area (Å²) in [5, 5.41) is 0. The van der Waals surface area contributed by atoms with E-state index in [1.165, 1.54) is 6.07 Å². The van der Waals surface area contributed by atoms with E-state index in [4.69, 9.17) is 11.6 Å². The van der Waals surface area contributed by atoms with Gasteiger partial charge < -0.3 is 0 Å². The van der Waals surface area contributed by atoms with E-state index in [1.807, 2.05) is 0 Å². The third kappa shape index (κ3) is 2.07. The quantitative estimate of drug-likeness (QED) is 0.541. The third-order valence-electron chi connectivity index (χ3n) is 1.84. The van der Waals surface area contributed by atoms with Gasteiger partial charge in [-0.1, -0.05) is 19.1 Å². The summed E-state index contributed by atoms with van der Waals surface area (Å²) >= 11 is 5.59. The summed E-state index contributed by atoms with van der Waals surface area (Å²) in [7, 11) is 0. The van der Waals surface area contributed by atoms with Crippen molar-refractivity contribution in [1.82, 2.24) is 0 Å². The predicted molar refractivity (Wildman–Crippen MR) is 50.6 cm³/mol. The first-order valence-corrected chi connectivity index (χ1v) is 4.60. The van der Waals surface area contributed by atoms with Crippen LogP contribution in [0.25, 0.3) is 0 Å². The number of hydrogen-bond acceptors (Lipinski definition) is 1. The lowest BCUT2D eigenvalue weighted by atomic mass is 10.0. The number of alkyl halides is 1. The molecule has 3 heteroatoms. The normalized spacial score (nSPS) is 10.1. The maximum Gasteiger partial charge on any atom is 0.165 e. The molecule has 0 aromatic heterocycles. The zero-order valence-corrected chi connectivity index (χ0v) is 8.07. The molecule has 1 aromatic rings. The van der Waals surface area contributed by atoms with Gasteiger partial charge >= 0.3 is 0 Å². The summed E-state index contributed by atoms with van der Waals surface area (Å²) in [4.78, 5) is 11.3. The molecule has 0 unspecified atom stereocenters. The summed E-state index contributed by atoms with van der Waals surface area (Å²) in [6, 6.07) is 4.50. The van der Waals surface area contributed by atoms with Crippen LogP contribution < -0.4 is 0 Å². The Morgan fingerprint density at radius 1 is 1.54 bits per heavy atom. The smallest absolute Gasteiger partial charge is 0.165 e. The van der Waals surface area contributed by atoms with Crippen LogP contribution in [0.3, 0.4) is 0 Å². The van der Waals surface area contributed by atoms with Gasteiger partial charge in [0, 0.05) is 12.3 Å². The van der Waals surface area contributed by atoms with Crippen molar-refractivity contribution in [3.05, 3.63) is 35.1 Å². The first kappa shape index (κ1) is 10.2. The van der Waals surface area contributed by atoms with Crippen LogP contribution in [0.15, 0.2) is 18.2 Å². The summed E-state index contributed by atoms with van der Waals surface area (Å²) in [5.41, 5.74) is 0.702. The lowest BCUT2D eigenvalue weighted by Gasteiger charge is -2.05. The van der Waals surface area contributed by atoms with Crippen LogP contribution in [0.2, 0.25) is 0 Å². The molecule has 1 rings (SSSR count). The van der Waals surface area contributed by atoms with E-state index >= 15 is 0 Å². The van der Waals surface area contributed by atoms with E-state index in [0.717, 1.165) is 0 Å². The van der Waals surface area contributed by atoms with Crippen LogP contribution in [-0.2, 0) is 5.88 Å². The Kier molecular flexibility index (Phi) is 3.43. The Morgan fingerprint density at radius 3 is 2.77 bits per heavy atom. The fourth-order valence-corrected chi connectivity index (χ4v) is 1.39. The van der Waals surface area contributed by atoms with E-state index in [9.17, 15) is 9.18 Å². The van der Waals surface area contributed by atoms with Gasteiger partial charge in [0.15, 0.2) is 5.78 Å². The molecule has 0 saturated carbocycles. The molecule has 1 aromatic carbocycles. The molecule has 0 aliphatic carbocycles. The number of carbonyl (C=O) groups excluding carboxylic acids is 1. The zero-order chi connectivity index (χ0) is 9.84. The van der Waals surface area contributed by atoms with Gasteiger partial charge in [-0.2, -0.15) is 0 Å². The van der Waals surface area contributed by atoms with Crippen molar-refractivity contribution >= 4 is 17.4 Å². The van der Waals surface area contributed by atoms with Crippen LogP contribution in [-0.4, -0.2) is 5.78 Å².